The SMILES string of the molecule is CC(C)N1CCC2(CCN(c3ncnc4sc(CC(F)(F)F)cc34)CC2)C1. The summed E-state index contributed by atoms with van der Waals surface area (Å²) >= 11 is 1.12. The number of piperidine rings is 1. The van der Waals surface area contributed by atoms with Gasteiger partial charge in [0.1, 0.15) is 17.0 Å². The van der Waals surface area contributed by atoms with Gasteiger partial charge in [-0.15, -0.1) is 11.3 Å². The largest absolute Gasteiger partial charge is 0.393 e. The van der Waals surface area contributed by atoms with Gasteiger partial charge >= 0.3 is 6.18 Å². The molecule has 4 heterocycles. The van der Waals surface area contributed by atoms with Crippen LogP contribution in [-0.4, -0.2) is 53.3 Å². The minimum absolute atomic E-state index is 0.302. The van der Waals surface area contributed by atoms with E-state index in [9.17, 15) is 13.2 Å². The van der Waals surface area contributed by atoms with E-state index < -0.39 is 12.6 Å². The number of alkyl halides is 3. The van der Waals surface area contributed by atoms with Gasteiger partial charge in [-0.2, -0.15) is 13.2 Å². The number of fused-ring (bicyclic) bond motifs is 1. The summed E-state index contributed by atoms with van der Waals surface area (Å²) in [5.74, 6) is 0.790. The first-order valence-corrected chi connectivity index (χ1v) is 10.4. The molecule has 0 N–H and O–H groups in total. The Morgan fingerprint density at radius 3 is 2.48 bits per heavy atom. The van der Waals surface area contributed by atoms with Crippen LogP contribution in [0.4, 0.5) is 19.0 Å². The third-order valence-corrected chi connectivity index (χ3v) is 7.10. The molecule has 4 nitrogen and oxygen atoms in total. The van der Waals surface area contributed by atoms with Crippen LogP contribution >= 0.6 is 11.3 Å². The van der Waals surface area contributed by atoms with Gasteiger partial charge in [0, 0.05) is 30.6 Å². The lowest BCUT2D eigenvalue weighted by Gasteiger charge is -2.40. The Morgan fingerprint density at radius 1 is 1.15 bits per heavy atom. The molecule has 0 saturated carbocycles. The molecule has 1 spiro atoms. The number of rotatable bonds is 3. The van der Waals surface area contributed by atoms with Crippen LogP contribution in [0.2, 0.25) is 0 Å². The molecule has 0 unspecified atom stereocenters. The minimum atomic E-state index is -4.20. The maximum Gasteiger partial charge on any atom is 0.393 e. The Bertz CT molecular complexity index is 809. The van der Waals surface area contributed by atoms with Crippen LogP contribution in [0.25, 0.3) is 10.2 Å². The molecule has 4 rings (SSSR count). The van der Waals surface area contributed by atoms with Crippen LogP contribution in [0.5, 0.6) is 0 Å². The number of anilines is 1. The summed E-state index contributed by atoms with van der Waals surface area (Å²) in [4.78, 5) is 14.4. The van der Waals surface area contributed by atoms with Crippen LogP contribution in [0, 0.1) is 5.41 Å². The van der Waals surface area contributed by atoms with Crippen LogP contribution in [-0.2, 0) is 6.42 Å². The maximum absolute atomic E-state index is 12.7. The van der Waals surface area contributed by atoms with Crippen LogP contribution < -0.4 is 4.90 Å². The van der Waals surface area contributed by atoms with Gasteiger partial charge in [0.05, 0.1) is 11.8 Å². The second-order valence-corrected chi connectivity index (χ2v) is 9.34. The van der Waals surface area contributed by atoms with Crippen molar-refractivity contribution in [3.8, 4) is 0 Å². The molecule has 2 aromatic heterocycles. The van der Waals surface area contributed by atoms with Gasteiger partial charge in [0.15, 0.2) is 0 Å². The quantitative estimate of drug-likeness (QED) is 0.762. The zero-order chi connectivity index (χ0) is 19.2. The zero-order valence-electron chi connectivity index (χ0n) is 15.7. The van der Waals surface area contributed by atoms with Gasteiger partial charge in [0.25, 0.3) is 0 Å². The molecule has 0 aliphatic carbocycles. The third kappa shape index (κ3) is 3.92. The highest BCUT2D eigenvalue weighted by Gasteiger charge is 2.41. The number of nitrogens with zero attached hydrogens (tertiary/aromatic N) is 4. The molecular weight excluding hydrogens is 373 g/mol. The maximum atomic E-state index is 12.7. The molecule has 0 atom stereocenters. The molecule has 2 saturated heterocycles. The van der Waals surface area contributed by atoms with E-state index in [1.807, 2.05) is 0 Å². The summed E-state index contributed by atoms with van der Waals surface area (Å²) < 4.78 is 38.2. The topological polar surface area (TPSA) is 32.3 Å². The number of aromatic nitrogens is 2. The van der Waals surface area contributed by atoms with Crippen molar-refractivity contribution in [1.29, 1.82) is 0 Å². The first-order chi connectivity index (χ1) is 12.7. The summed E-state index contributed by atoms with van der Waals surface area (Å²) in [5.41, 5.74) is 0.392. The second-order valence-electron chi connectivity index (χ2n) is 8.22. The van der Waals surface area contributed by atoms with Crippen molar-refractivity contribution in [1.82, 2.24) is 14.9 Å². The predicted octanol–water partition coefficient (Wildman–Crippen LogP) is 4.50. The van der Waals surface area contributed by atoms with Crippen LogP contribution in [0.3, 0.4) is 0 Å². The summed E-state index contributed by atoms with van der Waals surface area (Å²) in [6, 6.07) is 2.21. The lowest BCUT2D eigenvalue weighted by atomic mass is 9.77. The standard InChI is InChI=1S/C19H25F3N4S/c1-13(2)26-8-5-18(11-26)3-6-25(7-4-18)16-15-9-14(10-19(20,21)22)27-17(15)24-12-23-16/h9,12-13H,3-8,10-11H2,1-2H3. The fourth-order valence-corrected chi connectivity index (χ4v) is 5.46. The molecule has 148 valence electrons. The summed E-state index contributed by atoms with van der Waals surface area (Å²) in [5, 5.41) is 0.757. The van der Waals surface area contributed by atoms with E-state index in [1.165, 1.54) is 19.3 Å². The van der Waals surface area contributed by atoms with Crippen molar-refractivity contribution < 1.29 is 13.2 Å². The first kappa shape index (κ1) is 18.9. The lowest BCUT2D eigenvalue weighted by Crippen LogP contribution is -2.42. The number of likely N-dealkylation sites (tertiary alicyclic amines) is 1. The Kier molecular flexibility index (Phi) is 4.83. The van der Waals surface area contributed by atoms with Crippen molar-refractivity contribution in [2.75, 3.05) is 31.1 Å². The van der Waals surface area contributed by atoms with Crippen molar-refractivity contribution in [3.05, 3.63) is 17.3 Å². The Balaban J connectivity index is 1.51. The van der Waals surface area contributed by atoms with Crippen LogP contribution in [0.15, 0.2) is 12.4 Å². The summed E-state index contributed by atoms with van der Waals surface area (Å²) in [6.07, 6.45) is -0.154. The van der Waals surface area contributed by atoms with Crippen molar-refractivity contribution in [2.24, 2.45) is 5.41 Å². The molecule has 2 fully saturated rings. The molecule has 0 amide bonds. The highest BCUT2D eigenvalue weighted by Crippen LogP contribution is 2.43. The smallest absolute Gasteiger partial charge is 0.356 e. The van der Waals surface area contributed by atoms with E-state index in [1.54, 1.807) is 6.07 Å². The third-order valence-electron chi connectivity index (χ3n) is 6.06. The van der Waals surface area contributed by atoms with E-state index in [0.29, 0.717) is 21.2 Å². The number of halogens is 3. The molecule has 2 aliphatic rings. The monoisotopic (exact) mass is 398 g/mol. The Labute approximate surface area is 161 Å². The first-order valence-electron chi connectivity index (χ1n) is 9.54. The van der Waals surface area contributed by atoms with Gasteiger partial charge in [-0.05, 0) is 51.1 Å². The highest BCUT2D eigenvalue weighted by atomic mass is 32.1. The fraction of sp³-hybridized carbons (Fsp3) is 0.684. The van der Waals surface area contributed by atoms with Crippen LogP contribution in [0.1, 0.15) is 38.0 Å². The zero-order valence-corrected chi connectivity index (χ0v) is 16.5. The number of hydrogen-bond acceptors (Lipinski definition) is 5. The average Bonchev–Trinajstić information content (AvgIpc) is 3.18. The van der Waals surface area contributed by atoms with Gasteiger partial charge in [-0.25, -0.2) is 9.97 Å². The minimum Gasteiger partial charge on any atom is -0.356 e. The van der Waals surface area contributed by atoms with E-state index in [4.69, 9.17) is 0 Å². The van der Waals surface area contributed by atoms with Crippen molar-refractivity contribution in [3.63, 3.8) is 0 Å². The van der Waals surface area contributed by atoms with E-state index in [-0.39, 0.29) is 0 Å². The molecule has 2 aliphatic heterocycles. The van der Waals surface area contributed by atoms with E-state index in [2.05, 4.69) is 33.6 Å². The molecule has 0 bridgehead atoms. The number of hydrogen-bond donors (Lipinski definition) is 0. The highest BCUT2D eigenvalue weighted by molar-refractivity contribution is 7.18. The predicted molar refractivity (Wildman–Crippen MR) is 102 cm³/mol. The van der Waals surface area contributed by atoms with Crippen molar-refractivity contribution >= 4 is 27.4 Å². The van der Waals surface area contributed by atoms with E-state index in [0.717, 1.165) is 55.0 Å². The Hall–Kier alpha value is -1.41. The lowest BCUT2D eigenvalue weighted by molar-refractivity contribution is -0.126. The number of thiophene rings is 1. The summed E-state index contributed by atoms with van der Waals surface area (Å²) in [6.45, 7) is 8.64. The normalized spacial score (nSPS) is 21.0. The second kappa shape index (κ2) is 6.88. The van der Waals surface area contributed by atoms with Gasteiger partial charge in [-0.3, -0.25) is 0 Å². The molecule has 27 heavy (non-hydrogen) atoms. The molecular formula is C19H25F3N4S. The summed E-state index contributed by atoms with van der Waals surface area (Å²) in [7, 11) is 0. The molecule has 2 aromatic rings. The Morgan fingerprint density at radius 2 is 1.85 bits per heavy atom. The fourth-order valence-electron chi connectivity index (χ4n) is 4.44. The molecule has 0 radical (unpaired) electrons. The molecule has 8 heteroatoms. The van der Waals surface area contributed by atoms with E-state index >= 15 is 0 Å². The average molecular weight is 398 g/mol. The van der Waals surface area contributed by atoms with Gasteiger partial charge < -0.3 is 9.80 Å². The van der Waals surface area contributed by atoms with Crippen molar-refractivity contribution in [2.45, 2.75) is 51.7 Å². The molecule has 0 aromatic carbocycles. The van der Waals surface area contributed by atoms with Gasteiger partial charge in [-0.1, -0.05) is 0 Å². The van der Waals surface area contributed by atoms with Gasteiger partial charge in [0.2, 0.25) is 0 Å².